The first kappa shape index (κ1) is 12.3. The van der Waals surface area contributed by atoms with Crippen LogP contribution in [0.15, 0.2) is 28.7 Å². The molecule has 0 aromatic heterocycles. The molecule has 2 nitrogen and oxygen atoms in total. The number of ether oxygens (including phenoxy) is 1. The molecule has 15 heavy (non-hydrogen) atoms. The monoisotopic (exact) mass is 288 g/mol. The summed E-state index contributed by atoms with van der Waals surface area (Å²) in [5.74, 6) is -0.353. The minimum Gasteiger partial charge on any atom is -0.463 e. The average Bonchev–Trinajstić information content (AvgIpc) is 2.14. The highest BCUT2D eigenvalue weighted by molar-refractivity contribution is 9.10. The molecule has 4 heteroatoms. The van der Waals surface area contributed by atoms with Gasteiger partial charge in [0.2, 0.25) is 0 Å². The second-order valence-electron chi connectivity index (χ2n) is 2.79. The van der Waals surface area contributed by atoms with Crippen molar-refractivity contribution < 1.29 is 9.53 Å². The lowest BCUT2D eigenvalue weighted by molar-refractivity contribution is -0.137. The number of hydrogen-bond acceptors (Lipinski definition) is 2. The smallest absolute Gasteiger partial charge is 0.330 e. The van der Waals surface area contributed by atoms with E-state index in [1.54, 1.807) is 25.1 Å². The molecule has 0 aliphatic carbocycles. The van der Waals surface area contributed by atoms with Gasteiger partial charge in [0.25, 0.3) is 0 Å². The van der Waals surface area contributed by atoms with Crippen LogP contribution in [0.3, 0.4) is 0 Å². The average molecular weight is 290 g/mol. The molecular weight excluding hydrogens is 279 g/mol. The van der Waals surface area contributed by atoms with Gasteiger partial charge < -0.3 is 4.74 Å². The molecule has 0 fully saturated rings. The van der Waals surface area contributed by atoms with Crippen LogP contribution in [0.5, 0.6) is 0 Å². The van der Waals surface area contributed by atoms with Crippen molar-refractivity contribution in [3.63, 3.8) is 0 Å². The number of carbonyl (C=O) groups excluding carboxylic acids is 1. The summed E-state index contributed by atoms with van der Waals surface area (Å²) >= 11 is 9.16. The lowest BCUT2D eigenvalue weighted by Crippen LogP contribution is -1.98. The Morgan fingerprint density at radius 1 is 1.53 bits per heavy atom. The Bertz CT molecular complexity index is 368. The van der Waals surface area contributed by atoms with E-state index in [1.165, 1.54) is 6.08 Å². The first-order chi connectivity index (χ1) is 7.11. The highest BCUT2D eigenvalue weighted by atomic mass is 79.9. The predicted molar refractivity (Wildman–Crippen MR) is 64.8 cm³/mol. The van der Waals surface area contributed by atoms with E-state index in [2.05, 4.69) is 15.9 Å². The SMILES string of the molecule is CCOC(=O)C=Cc1cc(Cl)cc(Br)c1. The Morgan fingerprint density at radius 2 is 2.27 bits per heavy atom. The lowest BCUT2D eigenvalue weighted by Gasteiger charge is -1.98. The van der Waals surface area contributed by atoms with Gasteiger partial charge in [0, 0.05) is 15.6 Å². The van der Waals surface area contributed by atoms with Gasteiger partial charge in [-0.3, -0.25) is 0 Å². The fraction of sp³-hybridized carbons (Fsp3) is 0.182. The van der Waals surface area contributed by atoms with Gasteiger partial charge in [-0.25, -0.2) is 4.79 Å². The van der Waals surface area contributed by atoms with Gasteiger partial charge in [-0.2, -0.15) is 0 Å². The molecule has 0 amide bonds. The van der Waals surface area contributed by atoms with Gasteiger partial charge in [-0.1, -0.05) is 27.5 Å². The van der Waals surface area contributed by atoms with Gasteiger partial charge >= 0.3 is 5.97 Å². The summed E-state index contributed by atoms with van der Waals surface area (Å²) in [7, 11) is 0. The minimum absolute atomic E-state index is 0.353. The second kappa shape index (κ2) is 5.93. The van der Waals surface area contributed by atoms with E-state index < -0.39 is 0 Å². The highest BCUT2D eigenvalue weighted by Crippen LogP contribution is 2.20. The van der Waals surface area contributed by atoms with Crippen LogP contribution in [0.2, 0.25) is 5.02 Å². The number of hydrogen-bond donors (Lipinski definition) is 0. The molecule has 0 saturated carbocycles. The standard InChI is InChI=1S/C11H10BrClO2/c1-2-15-11(14)4-3-8-5-9(12)7-10(13)6-8/h3-7H,2H2,1H3. The Morgan fingerprint density at radius 3 is 2.87 bits per heavy atom. The molecule has 1 aromatic carbocycles. The summed E-state index contributed by atoms with van der Waals surface area (Å²) in [6.45, 7) is 2.14. The number of carbonyl (C=O) groups is 1. The van der Waals surface area contributed by atoms with E-state index in [9.17, 15) is 4.79 Å². The molecule has 80 valence electrons. The van der Waals surface area contributed by atoms with Crippen LogP contribution in [0, 0.1) is 0 Å². The Hall–Kier alpha value is -0.800. The fourth-order valence-corrected chi connectivity index (χ4v) is 1.91. The molecule has 1 aromatic rings. The van der Waals surface area contributed by atoms with Crippen molar-refractivity contribution in [2.75, 3.05) is 6.61 Å². The maximum absolute atomic E-state index is 11.0. The molecular formula is C11H10BrClO2. The van der Waals surface area contributed by atoms with Crippen molar-refractivity contribution in [1.29, 1.82) is 0 Å². The van der Waals surface area contributed by atoms with Gasteiger partial charge in [0.15, 0.2) is 0 Å². The fourth-order valence-electron chi connectivity index (χ4n) is 1.03. The van der Waals surface area contributed by atoms with E-state index in [-0.39, 0.29) is 5.97 Å². The summed E-state index contributed by atoms with van der Waals surface area (Å²) < 4.78 is 5.63. The zero-order valence-electron chi connectivity index (χ0n) is 8.17. The van der Waals surface area contributed by atoms with Crippen LogP contribution in [-0.4, -0.2) is 12.6 Å². The maximum atomic E-state index is 11.0. The van der Waals surface area contributed by atoms with Crippen molar-refractivity contribution in [3.05, 3.63) is 39.3 Å². The zero-order chi connectivity index (χ0) is 11.3. The zero-order valence-corrected chi connectivity index (χ0v) is 10.5. The summed E-state index contributed by atoms with van der Waals surface area (Å²) in [6.07, 6.45) is 3.04. The predicted octanol–water partition coefficient (Wildman–Crippen LogP) is 3.68. The van der Waals surface area contributed by atoms with Gasteiger partial charge in [-0.05, 0) is 36.8 Å². The molecule has 0 unspecified atom stereocenters. The Kier molecular flexibility index (Phi) is 4.85. The van der Waals surface area contributed by atoms with Crippen LogP contribution in [0.4, 0.5) is 0 Å². The topological polar surface area (TPSA) is 26.3 Å². The summed E-state index contributed by atoms with van der Waals surface area (Å²) in [5.41, 5.74) is 0.849. The molecule has 1 rings (SSSR count). The molecule has 0 aliphatic rings. The molecule has 0 bridgehead atoms. The summed E-state index contributed by atoms with van der Waals surface area (Å²) in [5, 5.41) is 0.618. The number of esters is 1. The molecule has 0 aliphatic heterocycles. The van der Waals surface area contributed by atoms with Crippen molar-refractivity contribution in [1.82, 2.24) is 0 Å². The quantitative estimate of drug-likeness (QED) is 0.627. The van der Waals surface area contributed by atoms with Crippen molar-refractivity contribution in [2.45, 2.75) is 6.92 Å². The summed E-state index contributed by atoms with van der Waals surface area (Å²) in [4.78, 5) is 11.0. The first-order valence-corrected chi connectivity index (χ1v) is 5.60. The Balaban J connectivity index is 2.76. The van der Waals surface area contributed by atoms with E-state index in [1.807, 2.05) is 6.07 Å². The summed E-state index contributed by atoms with van der Waals surface area (Å²) in [6, 6.07) is 5.41. The van der Waals surface area contributed by atoms with Gasteiger partial charge in [-0.15, -0.1) is 0 Å². The van der Waals surface area contributed by atoms with Crippen LogP contribution < -0.4 is 0 Å². The van der Waals surface area contributed by atoms with E-state index in [0.717, 1.165) is 10.0 Å². The minimum atomic E-state index is -0.353. The molecule has 0 N–H and O–H groups in total. The molecule has 0 radical (unpaired) electrons. The molecule has 0 spiro atoms. The van der Waals surface area contributed by atoms with Gasteiger partial charge in [0.1, 0.15) is 0 Å². The van der Waals surface area contributed by atoms with Crippen LogP contribution in [0.1, 0.15) is 12.5 Å². The third-order valence-electron chi connectivity index (χ3n) is 1.58. The molecule has 0 saturated heterocycles. The van der Waals surface area contributed by atoms with E-state index in [4.69, 9.17) is 16.3 Å². The first-order valence-electron chi connectivity index (χ1n) is 4.42. The largest absolute Gasteiger partial charge is 0.463 e. The third-order valence-corrected chi connectivity index (χ3v) is 2.26. The normalized spacial score (nSPS) is 10.6. The van der Waals surface area contributed by atoms with E-state index in [0.29, 0.717) is 11.6 Å². The van der Waals surface area contributed by atoms with Crippen molar-refractivity contribution in [2.24, 2.45) is 0 Å². The lowest BCUT2D eigenvalue weighted by atomic mass is 10.2. The van der Waals surface area contributed by atoms with Crippen LogP contribution in [0.25, 0.3) is 6.08 Å². The number of rotatable bonds is 3. The second-order valence-corrected chi connectivity index (χ2v) is 4.14. The maximum Gasteiger partial charge on any atom is 0.330 e. The Labute approximate surface area is 102 Å². The van der Waals surface area contributed by atoms with Crippen LogP contribution in [-0.2, 0) is 9.53 Å². The van der Waals surface area contributed by atoms with Gasteiger partial charge in [0.05, 0.1) is 6.61 Å². The van der Waals surface area contributed by atoms with Crippen molar-refractivity contribution >= 4 is 39.6 Å². The van der Waals surface area contributed by atoms with E-state index >= 15 is 0 Å². The highest BCUT2D eigenvalue weighted by Gasteiger charge is 1.97. The molecule has 0 heterocycles. The van der Waals surface area contributed by atoms with Crippen LogP contribution >= 0.6 is 27.5 Å². The number of halogens is 2. The number of benzene rings is 1. The molecule has 0 atom stereocenters. The van der Waals surface area contributed by atoms with Crippen molar-refractivity contribution in [3.8, 4) is 0 Å². The third kappa shape index (κ3) is 4.49.